The quantitative estimate of drug-likeness (QED) is 0.734. The first kappa shape index (κ1) is 8.28. The van der Waals surface area contributed by atoms with Crippen LogP contribution < -0.4 is 5.73 Å². The maximum atomic E-state index is 5.46. The Morgan fingerprint density at radius 1 is 1.70 bits per heavy atom. The molecule has 0 saturated heterocycles. The fourth-order valence-electron chi connectivity index (χ4n) is 1.35. The molecule has 1 aliphatic rings. The summed E-state index contributed by atoms with van der Waals surface area (Å²) >= 11 is 3.50. The summed E-state index contributed by atoms with van der Waals surface area (Å²) in [5, 5.41) is 0. The van der Waals surface area contributed by atoms with Gasteiger partial charge in [0.15, 0.2) is 0 Å². The van der Waals surface area contributed by atoms with Gasteiger partial charge in [-0.3, -0.25) is 0 Å². The smallest absolute Gasteiger partial charge is 0.00745 e. The van der Waals surface area contributed by atoms with Crippen LogP contribution in [0.15, 0.2) is 10.6 Å². The normalized spacial score (nSPS) is 26.2. The van der Waals surface area contributed by atoms with Crippen LogP contribution in [-0.2, 0) is 0 Å². The van der Waals surface area contributed by atoms with Crippen molar-refractivity contribution < 1.29 is 0 Å². The van der Waals surface area contributed by atoms with E-state index in [2.05, 4.69) is 22.0 Å². The van der Waals surface area contributed by atoms with Crippen LogP contribution in [-0.4, -0.2) is 6.54 Å². The summed E-state index contributed by atoms with van der Waals surface area (Å²) in [5.41, 5.74) is 5.46. The SMILES string of the molecule is NCCC1CC=C(Br)CC1. The van der Waals surface area contributed by atoms with Crippen molar-refractivity contribution in [2.24, 2.45) is 11.7 Å². The van der Waals surface area contributed by atoms with E-state index in [4.69, 9.17) is 5.73 Å². The van der Waals surface area contributed by atoms with Gasteiger partial charge in [0.05, 0.1) is 0 Å². The second-order valence-corrected chi connectivity index (χ2v) is 3.89. The van der Waals surface area contributed by atoms with Crippen LogP contribution >= 0.6 is 15.9 Å². The van der Waals surface area contributed by atoms with Gasteiger partial charge < -0.3 is 5.73 Å². The fourth-order valence-corrected chi connectivity index (χ4v) is 1.77. The molecule has 2 heteroatoms. The van der Waals surface area contributed by atoms with Gasteiger partial charge in [0, 0.05) is 0 Å². The fraction of sp³-hybridized carbons (Fsp3) is 0.750. The zero-order valence-electron chi connectivity index (χ0n) is 6.15. The van der Waals surface area contributed by atoms with Gasteiger partial charge in [-0.1, -0.05) is 22.0 Å². The van der Waals surface area contributed by atoms with E-state index in [0.29, 0.717) is 0 Å². The van der Waals surface area contributed by atoms with Crippen LogP contribution in [0.4, 0.5) is 0 Å². The summed E-state index contributed by atoms with van der Waals surface area (Å²) in [4.78, 5) is 0. The van der Waals surface area contributed by atoms with Crippen molar-refractivity contribution in [3.05, 3.63) is 10.6 Å². The molecule has 2 N–H and O–H groups in total. The lowest BCUT2D eigenvalue weighted by Crippen LogP contribution is -2.10. The molecule has 10 heavy (non-hydrogen) atoms. The van der Waals surface area contributed by atoms with Gasteiger partial charge >= 0.3 is 0 Å². The molecule has 0 aromatic carbocycles. The number of allylic oxidation sites excluding steroid dienone is 2. The highest BCUT2D eigenvalue weighted by Crippen LogP contribution is 2.28. The molecule has 0 aromatic rings. The first-order chi connectivity index (χ1) is 4.83. The molecule has 0 radical (unpaired) electrons. The minimum Gasteiger partial charge on any atom is -0.330 e. The Morgan fingerprint density at radius 3 is 3.00 bits per heavy atom. The number of nitrogens with two attached hydrogens (primary N) is 1. The standard InChI is InChI=1S/C8H14BrN/c9-8-3-1-7(2-4-8)5-6-10/h3,7H,1-2,4-6,10H2. The van der Waals surface area contributed by atoms with E-state index >= 15 is 0 Å². The molecular weight excluding hydrogens is 190 g/mol. The third kappa shape index (κ3) is 2.43. The second kappa shape index (κ2) is 4.14. The van der Waals surface area contributed by atoms with Gasteiger partial charge in [-0.15, -0.1) is 0 Å². The monoisotopic (exact) mass is 203 g/mol. The molecule has 0 saturated carbocycles. The highest BCUT2D eigenvalue weighted by molar-refractivity contribution is 9.11. The van der Waals surface area contributed by atoms with Gasteiger partial charge in [-0.05, 0) is 42.6 Å². The molecule has 0 fully saturated rings. The average molecular weight is 204 g/mol. The Morgan fingerprint density at radius 2 is 2.50 bits per heavy atom. The molecule has 1 aliphatic carbocycles. The van der Waals surface area contributed by atoms with E-state index in [1.54, 1.807) is 0 Å². The predicted molar refractivity (Wildman–Crippen MR) is 48.0 cm³/mol. The zero-order chi connectivity index (χ0) is 7.40. The van der Waals surface area contributed by atoms with Crippen LogP contribution in [0.5, 0.6) is 0 Å². The molecule has 1 atom stereocenters. The summed E-state index contributed by atoms with van der Waals surface area (Å²) in [6, 6.07) is 0. The topological polar surface area (TPSA) is 26.0 Å². The van der Waals surface area contributed by atoms with E-state index in [-0.39, 0.29) is 0 Å². The van der Waals surface area contributed by atoms with Gasteiger partial charge in [0.2, 0.25) is 0 Å². The Labute approximate surface area is 70.8 Å². The lowest BCUT2D eigenvalue weighted by atomic mass is 9.92. The molecule has 0 amide bonds. The third-order valence-electron chi connectivity index (χ3n) is 2.04. The minimum absolute atomic E-state index is 0.843. The molecule has 58 valence electrons. The number of hydrogen-bond acceptors (Lipinski definition) is 1. The largest absolute Gasteiger partial charge is 0.330 e. The van der Waals surface area contributed by atoms with E-state index < -0.39 is 0 Å². The molecule has 0 spiro atoms. The molecule has 0 heterocycles. The number of hydrogen-bond donors (Lipinski definition) is 1. The summed E-state index contributed by atoms with van der Waals surface area (Å²) in [6.07, 6.45) is 7.22. The zero-order valence-corrected chi connectivity index (χ0v) is 7.73. The van der Waals surface area contributed by atoms with Crippen LogP contribution in [0.25, 0.3) is 0 Å². The minimum atomic E-state index is 0.843. The molecule has 1 rings (SSSR count). The number of rotatable bonds is 2. The van der Waals surface area contributed by atoms with Crippen LogP contribution in [0.2, 0.25) is 0 Å². The van der Waals surface area contributed by atoms with Crippen molar-refractivity contribution in [3.63, 3.8) is 0 Å². The van der Waals surface area contributed by atoms with E-state index in [9.17, 15) is 0 Å². The first-order valence-corrected chi connectivity index (χ1v) is 4.67. The van der Waals surface area contributed by atoms with Crippen molar-refractivity contribution in [2.75, 3.05) is 6.54 Å². The van der Waals surface area contributed by atoms with Crippen LogP contribution in [0.1, 0.15) is 25.7 Å². The highest BCUT2D eigenvalue weighted by atomic mass is 79.9. The lowest BCUT2D eigenvalue weighted by Gasteiger charge is -2.18. The first-order valence-electron chi connectivity index (χ1n) is 3.87. The summed E-state index contributed by atoms with van der Waals surface area (Å²) in [5.74, 6) is 0.853. The Kier molecular flexibility index (Phi) is 3.43. The van der Waals surface area contributed by atoms with Gasteiger partial charge in [0.25, 0.3) is 0 Å². The molecule has 0 bridgehead atoms. The van der Waals surface area contributed by atoms with Crippen LogP contribution in [0.3, 0.4) is 0 Å². The Bertz CT molecular complexity index is 131. The van der Waals surface area contributed by atoms with Gasteiger partial charge in [-0.2, -0.15) is 0 Å². The Balaban J connectivity index is 2.27. The van der Waals surface area contributed by atoms with Gasteiger partial charge in [0.1, 0.15) is 0 Å². The number of halogens is 1. The van der Waals surface area contributed by atoms with E-state index in [0.717, 1.165) is 12.5 Å². The van der Waals surface area contributed by atoms with Crippen molar-refractivity contribution in [1.82, 2.24) is 0 Å². The van der Waals surface area contributed by atoms with Crippen LogP contribution in [0, 0.1) is 5.92 Å². The molecule has 1 nitrogen and oxygen atoms in total. The average Bonchev–Trinajstić information content (AvgIpc) is 1.95. The highest BCUT2D eigenvalue weighted by Gasteiger charge is 2.11. The Hall–Kier alpha value is 0.180. The molecular formula is C8H14BrN. The molecule has 1 unspecified atom stereocenters. The predicted octanol–water partition coefficient (Wildman–Crippen LogP) is 2.41. The second-order valence-electron chi connectivity index (χ2n) is 2.87. The summed E-state index contributed by atoms with van der Waals surface area (Å²) in [7, 11) is 0. The third-order valence-corrected chi connectivity index (χ3v) is 2.76. The van der Waals surface area contributed by atoms with E-state index in [1.165, 1.54) is 30.2 Å². The summed E-state index contributed by atoms with van der Waals surface area (Å²) in [6.45, 7) is 0.843. The summed E-state index contributed by atoms with van der Waals surface area (Å²) < 4.78 is 1.38. The maximum absolute atomic E-state index is 5.46. The van der Waals surface area contributed by atoms with Crippen molar-refractivity contribution in [1.29, 1.82) is 0 Å². The molecule has 0 aliphatic heterocycles. The van der Waals surface area contributed by atoms with E-state index in [1.807, 2.05) is 0 Å². The van der Waals surface area contributed by atoms with Crippen molar-refractivity contribution in [2.45, 2.75) is 25.7 Å². The molecule has 0 aromatic heterocycles. The van der Waals surface area contributed by atoms with Crippen molar-refractivity contribution in [3.8, 4) is 0 Å². The lowest BCUT2D eigenvalue weighted by molar-refractivity contribution is 0.450. The van der Waals surface area contributed by atoms with Crippen molar-refractivity contribution >= 4 is 15.9 Å². The van der Waals surface area contributed by atoms with Gasteiger partial charge in [-0.25, -0.2) is 0 Å². The maximum Gasteiger partial charge on any atom is -0.00745 e.